The van der Waals surface area contributed by atoms with Gasteiger partial charge in [0, 0.05) is 25.3 Å². The van der Waals surface area contributed by atoms with Crippen molar-refractivity contribution >= 4 is 33.9 Å². The molecule has 0 unspecified atom stereocenters. The number of aromatic nitrogens is 4. The molecular weight excluding hydrogens is 386 g/mol. The second kappa shape index (κ2) is 8.71. The molecule has 4 rings (SSSR count). The Balaban J connectivity index is 1.48. The highest BCUT2D eigenvalue weighted by atomic mass is 32.1. The number of nitrogens with one attached hydrogen (secondary N) is 2. The Morgan fingerprint density at radius 1 is 1.10 bits per heavy atom. The SMILES string of the molecule is Cc1nc(NC(C)C)sc1-c1ccnc(Nc2ccc(N3CCOCC3)cn2)n1. The molecule has 3 aromatic rings. The highest BCUT2D eigenvalue weighted by Crippen LogP contribution is 2.32. The summed E-state index contributed by atoms with van der Waals surface area (Å²) in [5.41, 5.74) is 2.90. The largest absolute Gasteiger partial charge is 0.378 e. The lowest BCUT2D eigenvalue weighted by Gasteiger charge is -2.28. The van der Waals surface area contributed by atoms with Gasteiger partial charge in [0.25, 0.3) is 0 Å². The Kier molecular flexibility index (Phi) is 5.86. The third-order valence-electron chi connectivity index (χ3n) is 4.46. The van der Waals surface area contributed by atoms with Gasteiger partial charge in [0.1, 0.15) is 5.82 Å². The highest BCUT2D eigenvalue weighted by molar-refractivity contribution is 7.19. The Morgan fingerprint density at radius 3 is 2.66 bits per heavy atom. The Labute approximate surface area is 174 Å². The van der Waals surface area contributed by atoms with E-state index in [1.54, 1.807) is 17.5 Å². The average Bonchev–Trinajstić information content (AvgIpc) is 3.09. The lowest BCUT2D eigenvalue weighted by Crippen LogP contribution is -2.36. The van der Waals surface area contributed by atoms with Crippen molar-refractivity contribution in [1.29, 1.82) is 0 Å². The Bertz CT molecular complexity index is 952. The van der Waals surface area contributed by atoms with Gasteiger partial charge in [-0.25, -0.2) is 19.9 Å². The molecule has 0 atom stereocenters. The van der Waals surface area contributed by atoms with E-state index >= 15 is 0 Å². The van der Waals surface area contributed by atoms with Crippen LogP contribution in [0.1, 0.15) is 19.5 Å². The predicted octanol–water partition coefficient (Wildman–Crippen LogP) is 3.70. The molecule has 9 heteroatoms. The van der Waals surface area contributed by atoms with Gasteiger partial charge in [-0.2, -0.15) is 0 Å². The van der Waals surface area contributed by atoms with E-state index in [-0.39, 0.29) is 0 Å². The number of aryl methyl sites for hydroxylation is 1. The van der Waals surface area contributed by atoms with E-state index in [0.29, 0.717) is 17.8 Å². The molecule has 1 saturated heterocycles. The molecular formula is C20H25N7OS. The molecule has 0 amide bonds. The topological polar surface area (TPSA) is 88.1 Å². The second-order valence-electron chi connectivity index (χ2n) is 7.12. The van der Waals surface area contributed by atoms with Crippen molar-refractivity contribution in [3.05, 3.63) is 36.3 Å². The minimum atomic E-state index is 0.336. The van der Waals surface area contributed by atoms with Gasteiger partial charge < -0.3 is 20.3 Å². The number of hydrogen-bond donors (Lipinski definition) is 2. The van der Waals surface area contributed by atoms with Crippen LogP contribution in [0.5, 0.6) is 0 Å². The maximum Gasteiger partial charge on any atom is 0.228 e. The second-order valence-corrected chi connectivity index (χ2v) is 8.12. The van der Waals surface area contributed by atoms with Crippen LogP contribution in [0.15, 0.2) is 30.6 Å². The lowest BCUT2D eigenvalue weighted by molar-refractivity contribution is 0.122. The summed E-state index contributed by atoms with van der Waals surface area (Å²) in [6, 6.07) is 6.24. The molecule has 4 heterocycles. The van der Waals surface area contributed by atoms with Crippen molar-refractivity contribution in [3.63, 3.8) is 0 Å². The van der Waals surface area contributed by atoms with Crippen LogP contribution in [-0.2, 0) is 4.74 Å². The molecule has 0 bridgehead atoms. The van der Waals surface area contributed by atoms with Gasteiger partial charge in [-0.05, 0) is 39.0 Å². The molecule has 0 saturated carbocycles. The molecule has 152 valence electrons. The van der Waals surface area contributed by atoms with Crippen LogP contribution in [0.25, 0.3) is 10.6 Å². The molecule has 0 aliphatic carbocycles. The zero-order valence-electron chi connectivity index (χ0n) is 16.8. The van der Waals surface area contributed by atoms with Gasteiger partial charge >= 0.3 is 0 Å². The van der Waals surface area contributed by atoms with Crippen LogP contribution in [0.4, 0.5) is 22.6 Å². The number of morpholine rings is 1. The fraction of sp³-hybridized carbons (Fsp3) is 0.400. The fourth-order valence-corrected chi connectivity index (χ4v) is 4.15. The third-order valence-corrected chi connectivity index (χ3v) is 5.57. The monoisotopic (exact) mass is 411 g/mol. The first-order chi connectivity index (χ1) is 14.1. The average molecular weight is 412 g/mol. The van der Waals surface area contributed by atoms with Gasteiger partial charge in [-0.15, -0.1) is 0 Å². The van der Waals surface area contributed by atoms with E-state index in [4.69, 9.17) is 4.74 Å². The van der Waals surface area contributed by atoms with Gasteiger partial charge in [0.2, 0.25) is 5.95 Å². The van der Waals surface area contributed by atoms with Gasteiger partial charge in [-0.1, -0.05) is 11.3 Å². The van der Waals surface area contributed by atoms with Gasteiger partial charge in [-0.3, -0.25) is 0 Å². The van der Waals surface area contributed by atoms with E-state index in [1.165, 1.54) is 0 Å². The summed E-state index contributed by atoms with van der Waals surface area (Å²) in [7, 11) is 0. The fourth-order valence-electron chi connectivity index (χ4n) is 3.07. The van der Waals surface area contributed by atoms with Crippen LogP contribution >= 0.6 is 11.3 Å². The lowest BCUT2D eigenvalue weighted by atomic mass is 10.3. The molecule has 0 spiro atoms. The molecule has 0 radical (unpaired) electrons. The number of ether oxygens (including phenoxy) is 1. The van der Waals surface area contributed by atoms with E-state index in [0.717, 1.165) is 53.4 Å². The number of anilines is 4. The van der Waals surface area contributed by atoms with Crippen molar-refractivity contribution in [1.82, 2.24) is 19.9 Å². The van der Waals surface area contributed by atoms with Crippen LogP contribution < -0.4 is 15.5 Å². The summed E-state index contributed by atoms with van der Waals surface area (Å²) in [5.74, 6) is 1.22. The van der Waals surface area contributed by atoms with Crippen LogP contribution in [0.2, 0.25) is 0 Å². The van der Waals surface area contributed by atoms with E-state index in [1.807, 2.05) is 25.3 Å². The number of thiazole rings is 1. The first-order valence-electron chi connectivity index (χ1n) is 9.71. The summed E-state index contributed by atoms with van der Waals surface area (Å²) < 4.78 is 5.40. The number of rotatable bonds is 6. The zero-order valence-corrected chi connectivity index (χ0v) is 17.7. The first-order valence-corrected chi connectivity index (χ1v) is 10.5. The van der Waals surface area contributed by atoms with Crippen molar-refractivity contribution in [2.24, 2.45) is 0 Å². The maximum absolute atomic E-state index is 5.40. The maximum atomic E-state index is 5.40. The summed E-state index contributed by atoms with van der Waals surface area (Å²) in [5, 5.41) is 7.45. The molecule has 8 nitrogen and oxygen atoms in total. The van der Waals surface area contributed by atoms with Crippen LogP contribution in [-0.4, -0.2) is 52.3 Å². The highest BCUT2D eigenvalue weighted by Gasteiger charge is 2.14. The van der Waals surface area contributed by atoms with Gasteiger partial charge in [0.05, 0.1) is 41.4 Å². The Hall–Kier alpha value is -2.78. The van der Waals surface area contributed by atoms with Crippen LogP contribution in [0.3, 0.4) is 0 Å². The molecule has 1 aliphatic heterocycles. The molecule has 0 aromatic carbocycles. The van der Waals surface area contributed by atoms with Crippen molar-refractivity contribution in [2.45, 2.75) is 26.8 Å². The standard InChI is InChI=1S/C20H25N7OS/c1-13(2)23-20-24-14(3)18(29-20)16-6-7-21-19(25-16)26-17-5-4-15(12-22-17)27-8-10-28-11-9-27/h4-7,12-13H,8-11H2,1-3H3,(H,23,24)(H,21,22,25,26). The minimum Gasteiger partial charge on any atom is -0.378 e. The quantitative estimate of drug-likeness (QED) is 0.635. The minimum absolute atomic E-state index is 0.336. The summed E-state index contributed by atoms with van der Waals surface area (Å²) in [6.07, 6.45) is 3.62. The normalized spacial score (nSPS) is 14.3. The number of pyridine rings is 1. The molecule has 3 aromatic heterocycles. The van der Waals surface area contributed by atoms with Crippen LogP contribution in [0, 0.1) is 6.92 Å². The molecule has 1 aliphatic rings. The molecule has 29 heavy (non-hydrogen) atoms. The smallest absolute Gasteiger partial charge is 0.228 e. The number of nitrogens with zero attached hydrogens (tertiary/aromatic N) is 5. The van der Waals surface area contributed by atoms with E-state index < -0.39 is 0 Å². The first kappa shape index (κ1) is 19.5. The summed E-state index contributed by atoms with van der Waals surface area (Å²) >= 11 is 1.60. The zero-order chi connectivity index (χ0) is 20.2. The summed E-state index contributed by atoms with van der Waals surface area (Å²) in [6.45, 7) is 9.49. The van der Waals surface area contributed by atoms with E-state index in [2.05, 4.69) is 55.4 Å². The van der Waals surface area contributed by atoms with Crippen molar-refractivity contribution in [2.75, 3.05) is 41.8 Å². The third kappa shape index (κ3) is 4.80. The predicted molar refractivity (Wildman–Crippen MR) is 117 cm³/mol. The Morgan fingerprint density at radius 2 is 1.93 bits per heavy atom. The summed E-state index contributed by atoms with van der Waals surface area (Å²) in [4.78, 5) is 21.4. The van der Waals surface area contributed by atoms with Gasteiger partial charge in [0.15, 0.2) is 5.13 Å². The van der Waals surface area contributed by atoms with E-state index in [9.17, 15) is 0 Å². The molecule has 1 fully saturated rings. The number of hydrogen-bond acceptors (Lipinski definition) is 9. The van der Waals surface area contributed by atoms with Crippen molar-refractivity contribution in [3.8, 4) is 10.6 Å². The molecule has 2 N–H and O–H groups in total. The van der Waals surface area contributed by atoms with Crippen molar-refractivity contribution < 1.29 is 4.74 Å².